The lowest BCUT2D eigenvalue weighted by Crippen LogP contribution is -2.26. The molecule has 9 nitrogen and oxygen atoms in total. The van der Waals surface area contributed by atoms with Gasteiger partial charge in [0.05, 0.1) is 15.8 Å². The molecule has 0 heterocycles. The smallest absolute Gasteiger partial charge is 0.277 e. The lowest BCUT2D eigenvalue weighted by atomic mass is 10.2. The maximum Gasteiger partial charge on any atom is 0.277 e. The van der Waals surface area contributed by atoms with E-state index in [1.54, 1.807) is 19.1 Å². The molecule has 0 aliphatic carbocycles. The van der Waals surface area contributed by atoms with Crippen LogP contribution in [-0.2, 0) is 9.59 Å². The Morgan fingerprint density at radius 3 is 2.66 bits per heavy atom. The molecule has 10 heteroatoms. The summed E-state index contributed by atoms with van der Waals surface area (Å²) in [7, 11) is 0. The van der Waals surface area contributed by atoms with E-state index >= 15 is 0 Å². The number of anilines is 1. The summed E-state index contributed by atoms with van der Waals surface area (Å²) in [5.41, 5.74) is 3.91. The average Bonchev–Trinajstić information content (AvgIpc) is 2.65. The molecule has 0 unspecified atom stereocenters. The van der Waals surface area contributed by atoms with Crippen LogP contribution in [0, 0.1) is 17.0 Å². The molecule has 0 saturated carbocycles. The topological polar surface area (TPSA) is 123 Å². The van der Waals surface area contributed by atoms with E-state index in [0.29, 0.717) is 17.1 Å². The highest BCUT2D eigenvalue weighted by atomic mass is 79.9. The van der Waals surface area contributed by atoms with Crippen LogP contribution < -0.4 is 15.5 Å². The van der Waals surface area contributed by atoms with Crippen molar-refractivity contribution in [1.29, 1.82) is 0 Å². The molecular weight excluding hydrogens is 444 g/mol. The number of halogens is 1. The summed E-state index contributed by atoms with van der Waals surface area (Å²) in [6.07, 6.45) is -0.0899. The summed E-state index contributed by atoms with van der Waals surface area (Å²) in [5, 5.41) is 17.2. The monoisotopic (exact) mass is 462 g/mol. The zero-order valence-electron chi connectivity index (χ0n) is 15.8. The highest BCUT2D eigenvalue weighted by Crippen LogP contribution is 2.25. The van der Waals surface area contributed by atoms with E-state index in [0.717, 1.165) is 10.0 Å². The van der Waals surface area contributed by atoms with E-state index in [-0.39, 0.29) is 18.7 Å². The summed E-state index contributed by atoms with van der Waals surface area (Å²) in [6.45, 7) is 3.27. The Kier molecular flexibility index (Phi) is 7.84. The Morgan fingerprint density at radius 1 is 1.21 bits per heavy atom. The number of nitrogens with one attached hydrogen (secondary N) is 2. The Bertz CT molecular complexity index is 961. The number of carbonyl (C=O) groups is 2. The van der Waals surface area contributed by atoms with Gasteiger partial charge in [-0.05, 0) is 53.5 Å². The van der Waals surface area contributed by atoms with Crippen molar-refractivity contribution in [3.63, 3.8) is 0 Å². The number of hydrogen-bond acceptors (Lipinski definition) is 6. The third-order valence-corrected chi connectivity index (χ3v) is 4.19. The largest absolute Gasteiger partial charge is 0.483 e. The minimum absolute atomic E-state index is 0.0899. The van der Waals surface area contributed by atoms with Gasteiger partial charge in [0.2, 0.25) is 5.91 Å². The van der Waals surface area contributed by atoms with Crippen LogP contribution in [0.15, 0.2) is 52.0 Å². The third kappa shape index (κ3) is 7.34. The summed E-state index contributed by atoms with van der Waals surface area (Å²) < 4.78 is 6.15. The summed E-state index contributed by atoms with van der Waals surface area (Å²) in [4.78, 5) is 34.1. The fourth-order valence-electron chi connectivity index (χ4n) is 2.23. The number of carbonyl (C=O) groups excluding carboxylic acids is 2. The van der Waals surface area contributed by atoms with E-state index in [1.807, 2.05) is 19.1 Å². The minimum Gasteiger partial charge on any atom is -0.483 e. The Balaban J connectivity index is 1.81. The van der Waals surface area contributed by atoms with Crippen LogP contribution in [0.2, 0.25) is 0 Å². The van der Waals surface area contributed by atoms with Crippen LogP contribution in [0.1, 0.15) is 18.9 Å². The van der Waals surface area contributed by atoms with Gasteiger partial charge in [-0.1, -0.05) is 12.1 Å². The van der Waals surface area contributed by atoms with Gasteiger partial charge in [-0.15, -0.1) is 0 Å². The molecule has 0 aromatic heterocycles. The number of rotatable bonds is 8. The van der Waals surface area contributed by atoms with Gasteiger partial charge in [0.25, 0.3) is 11.6 Å². The maximum atomic E-state index is 12.0. The van der Waals surface area contributed by atoms with E-state index in [4.69, 9.17) is 4.74 Å². The Labute approximate surface area is 175 Å². The van der Waals surface area contributed by atoms with Gasteiger partial charge in [-0.3, -0.25) is 19.7 Å². The van der Waals surface area contributed by atoms with Gasteiger partial charge in [0, 0.05) is 23.5 Å². The summed E-state index contributed by atoms with van der Waals surface area (Å²) >= 11 is 3.36. The molecule has 0 spiro atoms. The molecule has 2 aromatic carbocycles. The average molecular weight is 463 g/mol. The van der Waals surface area contributed by atoms with Crippen molar-refractivity contribution in [1.82, 2.24) is 5.43 Å². The van der Waals surface area contributed by atoms with Crippen molar-refractivity contribution in [2.24, 2.45) is 5.10 Å². The molecular formula is C19H19BrN4O5. The molecule has 0 saturated heterocycles. The van der Waals surface area contributed by atoms with Crippen LogP contribution >= 0.6 is 15.9 Å². The second-order valence-corrected chi connectivity index (χ2v) is 6.99. The number of benzene rings is 2. The van der Waals surface area contributed by atoms with Crippen molar-refractivity contribution < 1.29 is 19.2 Å². The van der Waals surface area contributed by atoms with E-state index in [2.05, 4.69) is 31.8 Å². The lowest BCUT2D eigenvalue weighted by Gasteiger charge is -2.08. The molecule has 152 valence electrons. The van der Waals surface area contributed by atoms with Crippen molar-refractivity contribution in [3.05, 3.63) is 62.6 Å². The second-order valence-electron chi connectivity index (χ2n) is 6.14. The normalized spacial score (nSPS) is 10.9. The Morgan fingerprint density at radius 2 is 1.97 bits per heavy atom. The maximum absolute atomic E-state index is 12.0. The first-order valence-electron chi connectivity index (χ1n) is 8.50. The van der Waals surface area contributed by atoms with Crippen LogP contribution in [0.25, 0.3) is 0 Å². The molecule has 0 aliphatic rings. The van der Waals surface area contributed by atoms with Crippen LogP contribution in [0.4, 0.5) is 11.4 Å². The predicted octanol–water partition coefficient (Wildman–Crippen LogP) is 3.57. The summed E-state index contributed by atoms with van der Waals surface area (Å²) in [5.74, 6) is -0.362. The van der Waals surface area contributed by atoms with Gasteiger partial charge in [-0.2, -0.15) is 5.10 Å². The van der Waals surface area contributed by atoms with Crippen molar-refractivity contribution in [3.8, 4) is 5.75 Å². The number of nitrogens with zero attached hydrogens (tertiary/aromatic N) is 2. The van der Waals surface area contributed by atoms with Crippen LogP contribution in [0.5, 0.6) is 5.75 Å². The first kappa shape index (κ1) is 22.0. The number of hydrogen-bond donors (Lipinski definition) is 2. The van der Waals surface area contributed by atoms with Crippen molar-refractivity contribution in [2.75, 3.05) is 11.9 Å². The van der Waals surface area contributed by atoms with Crippen molar-refractivity contribution in [2.45, 2.75) is 20.3 Å². The molecule has 29 heavy (non-hydrogen) atoms. The number of amides is 2. The van der Waals surface area contributed by atoms with Gasteiger partial charge in [0.1, 0.15) is 5.75 Å². The van der Waals surface area contributed by atoms with Gasteiger partial charge in [-0.25, -0.2) is 5.43 Å². The lowest BCUT2D eigenvalue weighted by molar-refractivity contribution is -0.384. The third-order valence-electron chi connectivity index (χ3n) is 3.57. The molecule has 2 amide bonds. The van der Waals surface area contributed by atoms with Gasteiger partial charge < -0.3 is 10.1 Å². The second kappa shape index (κ2) is 10.3. The number of non-ortho nitro benzene ring substituents is 1. The standard InChI is InChI=1S/C19H19BrN4O5/c1-12-6-7-17(16(20)8-12)29-11-19(26)23-22-13(2)9-18(25)21-14-4-3-5-15(10-14)24(27)28/h3-8,10H,9,11H2,1-2H3,(H,21,25)(H,23,26). The Hall–Kier alpha value is -3.27. The number of nitro benzene ring substituents is 1. The molecule has 0 fully saturated rings. The van der Waals surface area contributed by atoms with Gasteiger partial charge in [0.15, 0.2) is 6.61 Å². The number of aryl methyl sites for hydroxylation is 1. The highest BCUT2D eigenvalue weighted by Gasteiger charge is 2.10. The molecule has 0 bridgehead atoms. The van der Waals surface area contributed by atoms with Crippen molar-refractivity contribution >= 4 is 44.8 Å². The SMILES string of the molecule is CC(CC(=O)Nc1cccc([N+](=O)[O-])c1)=NNC(=O)COc1ccc(C)cc1Br. The molecule has 0 atom stereocenters. The first-order chi connectivity index (χ1) is 13.7. The molecule has 2 aromatic rings. The highest BCUT2D eigenvalue weighted by molar-refractivity contribution is 9.10. The predicted molar refractivity (Wildman–Crippen MR) is 112 cm³/mol. The molecule has 2 rings (SSSR count). The van der Waals surface area contributed by atoms with E-state index in [1.165, 1.54) is 18.2 Å². The zero-order chi connectivity index (χ0) is 21.4. The first-order valence-corrected chi connectivity index (χ1v) is 9.29. The van der Waals surface area contributed by atoms with E-state index < -0.39 is 16.7 Å². The number of ether oxygens (including phenoxy) is 1. The molecule has 0 radical (unpaired) electrons. The summed E-state index contributed by atoms with van der Waals surface area (Å²) in [6, 6.07) is 11.1. The fourth-order valence-corrected chi connectivity index (χ4v) is 2.84. The number of hydrazone groups is 1. The minimum atomic E-state index is -0.547. The van der Waals surface area contributed by atoms with Crippen LogP contribution in [0.3, 0.4) is 0 Å². The quantitative estimate of drug-likeness (QED) is 0.352. The van der Waals surface area contributed by atoms with Crippen LogP contribution in [-0.4, -0.2) is 29.1 Å². The molecule has 0 aliphatic heterocycles. The zero-order valence-corrected chi connectivity index (χ0v) is 17.4. The number of nitro groups is 1. The fraction of sp³-hybridized carbons (Fsp3) is 0.211. The van der Waals surface area contributed by atoms with Gasteiger partial charge >= 0.3 is 0 Å². The van der Waals surface area contributed by atoms with E-state index in [9.17, 15) is 19.7 Å². The molecule has 2 N–H and O–H groups in total.